The lowest BCUT2D eigenvalue weighted by Crippen LogP contribution is -2.27. The van der Waals surface area contributed by atoms with Crippen molar-refractivity contribution in [3.63, 3.8) is 0 Å². The van der Waals surface area contributed by atoms with Gasteiger partial charge in [0.15, 0.2) is 5.82 Å². The fourth-order valence-electron chi connectivity index (χ4n) is 2.28. The van der Waals surface area contributed by atoms with E-state index in [4.69, 9.17) is 9.15 Å². The predicted molar refractivity (Wildman–Crippen MR) is 80.3 cm³/mol. The van der Waals surface area contributed by atoms with Gasteiger partial charge in [-0.3, -0.25) is 9.89 Å². The summed E-state index contributed by atoms with van der Waals surface area (Å²) in [4.78, 5) is 16.3. The van der Waals surface area contributed by atoms with Crippen LogP contribution >= 0.6 is 11.8 Å². The monoisotopic (exact) mass is 322 g/mol. The maximum absolute atomic E-state index is 11.9. The third kappa shape index (κ3) is 3.69. The summed E-state index contributed by atoms with van der Waals surface area (Å²) < 4.78 is 10.8. The Bertz CT molecular complexity index is 607. The molecule has 0 spiro atoms. The third-order valence-electron chi connectivity index (χ3n) is 3.40. The molecule has 1 fully saturated rings. The van der Waals surface area contributed by atoms with E-state index in [-0.39, 0.29) is 23.8 Å². The Kier molecular flexibility index (Phi) is 4.79. The van der Waals surface area contributed by atoms with Crippen LogP contribution in [0, 0.1) is 0 Å². The maximum atomic E-state index is 11.9. The molecule has 22 heavy (non-hydrogen) atoms. The van der Waals surface area contributed by atoms with E-state index in [1.165, 1.54) is 11.8 Å². The molecule has 0 saturated carbocycles. The number of carbonyl (C=O) groups excluding carboxylic acids is 1. The van der Waals surface area contributed by atoms with Crippen molar-refractivity contribution in [3.8, 4) is 0 Å². The molecular formula is C14H18N4O3S. The van der Waals surface area contributed by atoms with E-state index < -0.39 is 0 Å². The molecule has 7 nitrogen and oxygen atoms in total. The van der Waals surface area contributed by atoms with E-state index in [0.29, 0.717) is 5.16 Å². The summed E-state index contributed by atoms with van der Waals surface area (Å²) in [6, 6.07) is 3.48. The van der Waals surface area contributed by atoms with Crippen molar-refractivity contribution >= 4 is 17.7 Å². The zero-order chi connectivity index (χ0) is 15.4. The number of amides is 1. The second-order valence-electron chi connectivity index (χ2n) is 5.10. The van der Waals surface area contributed by atoms with Gasteiger partial charge in [0.25, 0.3) is 0 Å². The molecule has 0 radical (unpaired) electrons. The number of ether oxygens (including phenoxy) is 1. The molecule has 1 amide bonds. The summed E-state index contributed by atoms with van der Waals surface area (Å²) in [7, 11) is 0. The Morgan fingerprint density at radius 3 is 3.27 bits per heavy atom. The highest BCUT2D eigenvalue weighted by Gasteiger charge is 2.21. The molecule has 1 aliphatic rings. The molecule has 3 heterocycles. The first-order chi connectivity index (χ1) is 10.7. The number of furan rings is 1. The Labute approximate surface area is 132 Å². The van der Waals surface area contributed by atoms with Crippen molar-refractivity contribution in [2.45, 2.75) is 37.1 Å². The first kappa shape index (κ1) is 15.1. The normalized spacial score (nSPS) is 19.2. The van der Waals surface area contributed by atoms with Gasteiger partial charge in [0.2, 0.25) is 11.1 Å². The van der Waals surface area contributed by atoms with E-state index in [2.05, 4.69) is 20.5 Å². The molecule has 0 aliphatic carbocycles. The van der Waals surface area contributed by atoms with Crippen LogP contribution in [0.1, 0.15) is 43.5 Å². The molecule has 0 bridgehead atoms. The maximum Gasteiger partial charge on any atom is 0.231 e. The van der Waals surface area contributed by atoms with Crippen LogP contribution in [-0.2, 0) is 9.53 Å². The number of rotatable bonds is 6. The number of thioether (sulfide) groups is 1. The fourth-order valence-corrected chi connectivity index (χ4v) is 2.90. The summed E-state index contributed by atoms with van der Waals surface area (Å²) in [5.74, 6) is 1.65. The Balaban J connectivity index is 1.46. The van der Waals surface area contributed by atoms with Crippen LogP contribution in [0.3, 0.4) is 0 Å². The molecule has 2 atom stereocenters. The van der Waals surface area contributed by atoms with Gasteiger partial charge in [-0.15, -0.1) is 5.10 Å². The van der Waals surface area contributed by atoms with E-state index in [9.17, 15) is 4.79 Å². The van der Waals surface area contributed by atoms with Crippen molar-refractivity contribution in [3.05, 3.63) is 30.0 Å². The lowest BCUT2D eigenvalue weighted by Gasteiger charge is -2.10. The van der Waals surface area contributed by atoms with Crippen molar-refractivity contribution in [2.75, 3.05) is 12.4 Å². The zero-order valence-electron chi connectivity index (χ0n) is 12.2. The number of H-pyrrole nitrogens is 1. The van der Waals surface area contributed by atoms with Crippen LogP contribution in [0.4, 0.5) is 0 Å². The molecule has 1 aliphatic heterocycles. The van der Waals surface area contributed by atoms with Gasteiger partial charge in [-0.25, -0.2) is 4.98 Å². The lowest BCUT2D eigenvalue weighted by atomic mass is 10.2. The number of aromatic amines is 1. The number of carbonyl (C=O) groups is 1. The molecule has 0 aromatic carbocycles. The molecule has 118 valence electrons. The van der Waals surface area contributed by atoms with E-state index in [1.807, 2.05) is 13.0 Å². The molecule has 0 unspecified atom stereocenters. The molecule has 1 saturated heterocycles. The number of hydrogen-bond donors (Lipinski definition) is 2. The Morgan fingerprint density at radius 1 is 1.64 bits per heavy atom. The standard InChI is InChI=1S/C14H18N4O3S/c1-9(10-4-2-6-20-10)15-12(19)8-22-14-16-13(17-18-14)11-5-3-7-21-11/h2,4,6,9,11H,3,5,7-8H2,1H3,(H,15,19)(H,16,17,18)/t9-,11+/m1/s1. The van der Waals surface area contributed by atoms with E-state index in [1.54, 1.807) is 12.3 Å². The van der Waals surface area contributed by atoms with Crippen LogP contribution in [-0.4, -0.2) is 33.4 Å². The quantitative estimate of drug-likeness (QED) is 0.792. The smallest absolute Gasteiger partial charge is 0.231 e. The Hall–Kier alpha value is -1.80. The molecule has 2 aromatic rings. The van der Waals surface area contributed by atoms with Crippen LogP contribution in [0.15, 0.2) is 28.0 Å². The summed E-state index contributed by atoms with van der Waals surface area (Å²) >= 11 is 1.30. The number of aromatic nitrogens is 3. The summed E-state index contributed by atoms with van der Waals surface area (Å²) in [6.07, 6.45) is 3.60. The molecule has 3 rings (SSSR count). The van der Waals surface area contributed by atoms with Gasteiger partial charge in [-0.1, -0.05) is 11.8 Å². The largest absolute Gasteiger partial charge is 0.467 e. The minimum atomic E-state index is -0.155. The zero-order valence-corrected chi connectivity index (χ0v) is 13.1. The van der Waals surface area contributed by atoms with Crippen molar-refractivity contribution < 1.29 is 13.9 Å². The van der Waals surface area contributed by atoms with Gasteiger partial charge in [0, 0.05) is 6.61 Å². The van der Waals surface area contributed by atoms with Crippen LogP contribution < -0.4 is 5.32 Å². The van der Waals surface area contributed by atoms with Gasteiger partial charge in [-0.05, 0) is 31.9 Å². The number of nitrogens with one attached hydrogen (secondary N) is 2. The minimum Gasteiger partial charge on any atom is -0.467 e. The molecule has 8 heteroatoms. The first-order valence-electron chi connectivity index (χ1n) is 7.22. The first-order valence-corrected chi connectivity index (χ1v) is 8.20. The fraction of sp³-hybridized carbons (Fsp3) is 0.500. The second kappa shape index (κ2) is 6.97. The van der Waals surface area contributed by atoms with Crippen LogP contribution in [0.5, 0.6) is 0 Å². The average molecular weight is 322 g/mol. The third-order valence-corrected chi connectivity index (χ3v) is 4.24. The number of hydrogen-bond acceptors (Lipinski definition) is 6. The summed E-state index contributed by atoms with van der Waals surface area (Å²) in [6.45, 7) is 2.64. The number of nitrogens with zero attached hydrogens (tertiary/aromatic N) is 2. The summed E-state index contributed by atoms with van der Waals surface area (Å²) in [5, 5.41) is 10.4. The SMILES string of the molecule is C[C@@H](NC(=O)CSc1n[nH]c([C@@H]2CCCO2)n1)c1ccco1. The molecular weight excluding hydrogens is 304 g/mol. The van der Waals surface area contributed by atoms with Gasteiger partial charge < -0.3 is 14.5 Å². The van der Waals surface area contributed by atoms with Gasteiger partial charge in [0.05, 0.1) is 18.1 Å². The molecule has 2 N–H and O–H groups in total. The molecule has 2 aromatic heterocycles. The lowest BCUT2D eigenvalue weighted by molar-refractivity contribution is -0.119. The van der Waals surface area contributed by atoms with Crippen LogP contribution in [0.2, 0.25) is 0 Å². The van der Waals surface area contributed by atoms with Gasteiger partial charge in [-0.2, -0.15) is 0 Å². The van der Waals surface area contributed by atoms with Crippen LogP contribution in [0.25, 0.3) is 0 Å². The predicted octanol–water partition coefficient (Wildman–Crippen LogP) is 2.22. The van der Waals surface area contributed by atoms with E-state index >= 15 is 0 Å². The highest BCUT2D eigenvalue weighted by Crippen LogP contribution is 2.26. The van der Waals surface area contributed by atoms with E-state index in [0.717, 1.165) is 31.0 Å². The second-order valence-corrected chi connectivity index (χ2v) is 6.04. The highest BCUT2D eigenvalue weighted by atomic mass is 32.2. The Morgan fingerprint density at radius 2 is 2.55 bits per heavy atom. The van der Waals surface area contributed by atoms with Crippen molar-refractivity contribution in [2.24, 2.45) is 0 Å². The van der Waals surface area contributed by atoms with Crippen molar-refractivity contribution in [1.29, 1.82) is 0 Å². The van der Waals surface area contributed by atoms with Crippen molar-refractivity contribution in [1.82, 2.24) is 20.5 Å². The highest BCUT2D eigenvalue weighted by molar-refractivity contribution is 7.99. The van der Waals surface area contributed by atoms with Gasteiger partial charge in [0.1, 0.15) is 11.9 Å². The topological polar surface area (TPSA) is 93.0 Å². The van der Waals surface area contributed by atoms with Gasteiger partial charge >= 0.3 is 0 Å². The average Bonchev–Trinajstić information content (AvgIpc) is 3.25. The minimum absolute atomic E-state index is 0.00894. The summed E-state index contributed by atoms with van der Waals surface area (Å²) in [5.41, 5.74) is 0.